The molecule has 0 aliphatic carbocycles. The van der Waals surface area contributed by atoms with Crippen LogP contribution in [0, 0.1) is 0 Å². The van der Waals surface area contributed by atoms with Gasteiger partial charge in [0.25, 0.3) is 0 Å². The summed E-state index contributed by atoms with van der Waals surface area (Å²) in [7, 11) is -12.3. The smallest absolute Gasteiger partial charge is 0.379 e. The Labute approximate surface area is 110 Å². The Morgan fingerprint density at radius 2 is 1.35 bits per heavy atom. The second-order valence-corrected chi connectivity index (χ2v) is 7.46. The van der Waals surface area contributed by atoms with Crippen molar-refractivity contribution < 1.29 is 43.7 Å². The molecule has 1 rings (SSSR count). The first-order valence-corrected chi connectivity index (χ1v) is 7.71. The SMILES string of the molecule is O=S(=O)(N=S(=O)(N1CCOCC1)C(F)(F)F)C(F)(F)F. The zero-order chi connectivity index (χ0) is 15.8. The van der Waals surface area contributed by atoms with E-state index in [1.165, 1.54) is 0 Å². The molecule has 0 aromatic carbocycles. The maximum absolute atomic E-state index is 12.7. The van der Waals surface area contributed by atoms with Crippen molar-refractivity contribution in [1.82, 2.24) is 4.31 Å². The van der Waals surface area contributed by atoms with Crippen LogP contribution in [0.15, 0.2) is 3.77 Å². The topological polar surface area (TPSA) is 76.0 Å². The largest absolute Gasteiger partial charge is 0.519 e. The second-order valence-electron chi connectivity index (χ2n) is 3.48. The molecule has 1 fully saturated rings. The lowest BCUT2D eigenvalue weighted by Gasteiger charge is -2.29. The molecule has 20 heavy (non-hydrogen) atoms. The number of hydrogen-bond donors (Lipinski definition) is 0. The first kappa shape index (κ1) is 17.5. The minimum atomic E-state index is -6.54. The van der Waals surface area contributed by atoms with E-state index in [4.69, 9.17) is 0 Å². The lowest BCUT2D eigenvalue weighted by atomic mass is 10.5. The van der Waals surface area contributed by atoms with E-state index >= 15 is 0 Å². The highest BCUT2D eigenvalue weighted by Gasteiger charge is 2.54. The van der Waals surface area contributed by atoms with E-state index in [0.29, 0.717) is 0 Å². The standard InChI is InChI=1S/C6H8F6N2O4S2/c7-5(8,9)19(15,14-1-3-18-4-2-14)13-20(16,17)6(10,11)12/h1-4H2. The van der Waals surface area contributed by atoms with Crippen LogP contribution < -0.4 is 0 Å². The summed E-state index contributed by atoms with van der Waals surface area (Å²) in [5, 5.41) is 0. The van der Waals surface area contributed by atoms with Crippen LogP contribution in [-0.4, -0.2) is 54.3 Å². The molecular weight excluding hydrogens is 342 g/mol. The molecule has 0 spiro atoms. The Morgan fingerprint density at radius 3 is 1.70 bits per heavy atom. The van der Waals surface area contributed by atoms with Crippen LogP contribution in [0.5, 0.6) is 0 Å². The van der Waals surface area contributed by atoms with Crippen LogP contribution in [0.3, 0.4) is 0 Å². The van der Waals surface area contributed by atoms with Crippen molar-refractivity contribution in [3.8, 4) is 0 Å². The highest BCUT2D eigenvalue weighted by molar-refractivity contribution is 8.02. The summed E-state index contributed by atoms with van der Waals surface area (Å²) in [5.74, 6) is 0. The minimum absolute atomic E-state index is 0.0276. The fourth-order valence-corrected chi connectivity index (χ4v) is 4.26. The molecular formula is C6H8F6N2O4S2. The molecule has 1 aliphatic heterocycles. The monoisotopic (exact) mass is 350 g/mol. The van der Waals surface area contributed by atoms with Crippen molar-refractivity contribution in [2.24, 2.45) is 3.77 Å². The first-order chi connectivity index (χ1) is 8.81. The normalized spacial score (nSPS) is 22.3. The Balaban J connectivity index is 3.45. The van der Waals surface area contributed by atoms with Crippen molar-refractivity contribution in [3.63, 3.8) is 0 Å². The van der Waals surface area contributed by atoms with Crippen LogP contribution in [-0.2, 0) is 24.7 Å². The van der Waals surface area contributed by atoms with E-state index in [-0.39, 0.29) is 17.5 Å². The van der Waals surface area contributed by atoms with Gasteiger partial charge < -0.3 is 4.74 Å². The van der Waals surface area contributed by atoms with Gasteiger partial charge in [0, 0.05) is 13.1 Å². The molecule has 6 nitrogen and oxygen atoms in total. The summed E-state index contributed by atoms with van der Waals surface area (Å²) in [6, 6.07) is 0. The predicted octanol–water partition coefficient (Wildman–Crippen LogP) is 1.07. The average molecular weight is 350 g/mol. The van der Waals surface area contributed by atoms with Gasteiger partial charge in [-0.25, -0.2) is 8.51 Å². The van der Waals surface area contributed by atoms with Crippen molar-refractivity contribution in [1.29, 1.82) is 0 Å². The first-order valence-electron chi connectivity index (χ1n) is 4.80. The average Bonchev–Trinajstić information content (AvgIpc) is 2.26. The van der Waals surface area contributed by atoms with Crippen molar-refractivity contribution in [2.75, 3.05) is 26.3 Å². The quantitative estimate of drug-likeness (QED) is 0.698. The molecule has 120 valence electrons. The predicted molar refractivity (Wildman–Crippen MR) is 54.0 cm³/mol. The van der Waals surface area contributed by atoms with E-state index in [2.05, 4.69) is 4.74 Å². The maximum atomic E-state index is 12.7. The number of hydrogen-bond acceptors (Lipinski definition) is 4. The highest BCUT2D eigenvalue weighted by atomic mass is 32.3. The summed E-state index contributed by atoms with van der Waals surface area (Å²) in [6.45, 7) is -1.99. The van der Waals surface area contributed by atoms with Gasteiger partial charge in [-0.15, -0.1) is 0 Å². The Kier molecular flexibility index (Phi) is 4.63. The molecule has 0 N–H and O–H groups in total. The van der Waals surface area contributed by atoms with Crippen LogP contribution in [0.4, 0.5) is 26.3 Å². The molecule has 0 bridgehead atoms. The zero-order valence-electron chi connectivity index (χ0n) is 9.44. The molecule has 0 aromatic heterocycles. The summed E-state index contributed by atoms with van der Waals surface area (Å²) in [6.07, 6.45) is 0. The van der Waals surface area contributed by atoms with Gasteiger partial charge in [-0.1, -0.05) is 3.77 Å². The van der Waals surface area contributed by atoms with Crippen LogP contribution in [0.2, 0.25) is 0 Å². The number of alkyl halides is 6. The van der Waals surface area contributed by atoms with Gasteiger partial charge in [-0.05, 0) is 0 Å². The fourth-order valence-electron chi connectivity index (χ4n) is 1.21. The molecule has 1 saturated heterocycles. The lowest BCUT2D eigenvalue weighted by Crippen LogP contribution is -2.47. The lowest BCUT2D eigenvalue weighted by molar-refractivity contribution is -0.0484. The summed E-state index contributed by atoms with van der Waals surface area (Å²) < 4.78 is 114. The van der Waals surface area contributed by atoms with E-state index in [1.807, 2.05) is 0 Å². The molecule has 0 radical (unpaired) electrons. The Morgan fingerprint density at radius 1 is 0.900 bits per heavy atom. The fraction of sp³-hybridized carbons (Fsp3) is 1.00. The van der Waals surface area contributed by atoms with E-state index in [0.717, 1.165) is 0 Å². The Bertz CT molecular complexity index is 567. The zero-order valence-corrected chi connectivity index (χ0v) is 11.1. The van der Waals surface area contributed by atoms with Gasteiger partial charge >= 0.3 is 21.0 Å². The third-order valence-corrected chi connectivity index (χ3v) is 5.96. The van der Waals surface area contributed by atoms with E-state index in [1.54, 1.807) is 3.77 Å². The van der Waals surface area contributed by atoms with Gasteiger partial charge in [0.15, 0.2) is 0 Å². The van der Waals surface area contributed by atoms with Gasteiger partial charge in [0.05, 0.1) is 13.2 Å². The molecule has 0 amide bonds. The molecule has 14 heteroatoms. The van der Waals surface area contributed by atoms with Gasteiger partial charge in [-0.2, -0.15) is 34.8 Å². The van der Waals surface area contributed by atoms with Crippen LogP contribution in [0.1, 0.15) is 0 Å². The summed E-state index contributed by atoms with van der Waals surface area (Å²) in [4.78, 5) is 0. The molecule has 1 unspecified atom stereocenters. The van der Waals surface area contributed by atoms with Gasteiger partial charge in [0.1, 0.15) is 0 Å². The van der Waals surface area contributed by atoms with Crippen molar-refractivity contribution >= 4 is 19.9 Å². The minimum Gasteiger partial charge on any atom is -0.379 e. The van der Waals surface area contributed by atoms with Gasteiger partial charge in [-0.3, -0.25) is 0 Å². The van der Waals surface area contributed by atoms with Crippen molar-refractivity contribution in [3.05, 3.63) is 0 Å². The van der Waals surface area contributed by atoms with Gasteiger partial charge in [0.2, 0.25) is 9.92 Å². The van der Waals surface area contributed by atoms with E-state index in [9.17, 15) is 39.0 Å². The van der Waals surface area contributed by atoms with Crippen LogP contribution >= 0.6 is 0 Å². The molecule has 1 atom stereocenters. The third-order valence-electron chi connectivity index (χ3n) is 2.11. The van der Waals surface area contributed by atoms with Crippen LogP contribution in [0.25, 0.3) is 0 Å². The molecule has 0 saturated carbocycles. The summed E-state index contributed by atoms with van der Waals surface area (Å²) in [5.41, 5.74) is -11.8. The number of halogens is 6. The number of rotatable bonds is 2. The maximum Gasteiger partial charge on any atom is 0.519 e. The number of morpholine rings is 1. The molecule has 0 aromatic rings. The summed E-state index contributed by atoms with van der Waals surface area (Å²) >= 11 is 0. The third kappa shape index (κ3) is 3.35. The number of nitrogens with zero attached hydrogens (tertiary/aromatic N) is 2. The Hall–Kier alpha value is -0.600. The number of sulfonamides is 1. The van der Waals surface area contributed by atoms with Crippen molar-refractivity contribution in [2.45, 2.75) is 11.0 Å². The molecule has 1 aliphatic rings. The van der Waals surface area contributed by atoms with E-state index < -0.39 is 44.0 Å². The number of ether oxygens (including phenoxy) is 1. The molecule has 1 heterocycles. The second kappa shape index (κ2) is 5.31. The highest BCUT2D eigenvalue weighted by Crippen LogP contribution is 2.34.